The van der Waals surface area contributed by atoms with E-state index in [1.807, 2.05) is 30.5 Å². The molecular weight excluding hydrogens is 380 g/mol. The van der Waals surface area contributed by atoms with Gasteiger partial charge in [0.2, 0.25) is 0 Å². The van der Waals surface area contributed by atoms with Gasteiger partial charge in [-0.15, -0.1) is 0 Å². The predicted octanol–water partition coefficient (Wildman–Crippen LogP) is 1.72. The average molecular weight is 413 g/mol. The summed E-state index contributed by atoms with van der Waals surface area (Å²) < 4.78 is 10.7. The van der Waals surface area contributed by atoms with Crippen molar-refractivity contribution in [2.24, 2.45) is 4.99 Å². The fraction of sp³-hybridized carbons (Fsp3) is 0.455. The molecule has 1 aromatic carbocycles. The normalized spacial score (nSPS) is 15.1. The Balaban J connectivity index is 1.60. The molecule has 2 heterocycles. The van der Waals surface area contributed by atoms with Gasteiger partial charge >= 0.3 is 0 Å². The Morgan fingerprint density at radius 3 is 2.43 bits per heavy atom. The Hall–Kier alpha value is -3.00. The Labute approximate surface area is 178 Å². The number of likely N-dealkylation sites (N-methyl/N-ethyl adjacent to an activating group) is 1. The van der Waals surface area contributed by atoms with E-state index < -0.39 is 0 Å². The van der Waals surface area contributed by atoms with Crippen molar-refractivity contribution in [2.75, 3.05) is 59.4 Å². The highest BCUT2D eigenvalue weighted by atomic mass is 16.5. The molecule has 0 atom stereocenters. The predicted molar refractivity (Wildman–Crippen MR) is 121 cm³/mol. The highest BCUT2D eigenvalue weighted by Gasteiger charge is 2.18. The van der Waals surface area contributed by atoms with Crippen molar-refractivity contribution in [3.63, 3.8) is 0 Å². The van der Waals surface area contributed by atoms with Crippen LogP contribution in [-0.4, -0.2) is 70.3 Å². The van der Waals surface area contributed by atoms with E-state index in [4.69, 9.17) is 9.47 Å². The molecule has 0 radical (unpaired) electrons. The van der Waals surface area contributed by atoms with E-state index in [9.17, 15) is 0 Å². The number of benzene rings is 1. The maximum absolute atomic E-state index is 5.48. The number of pyridine rings is 1. The molecule has 162 valence electrons. The van der Waals surface area contributed by atoms with Crippen molar-refractivity contribution in [1.82, 2.24) is 20.5 Å². The summed E-state index contributed by atoms with van der Waals surface area (Å²) in [6, 6.07) is 9.89. The average Bonchev–Trinajstić information content (AvgIpc) is 2.80. The molecule has 0 unspecified atom stereocenters. The van der Waals surface area contributed by atoms with E-state index in [1.54, 1.807) is 21.3 Å². The Kier molecular flexibility index (Phi) is 7.73. The molecule has 0 saturated carbocycles. The van der Waals surface area contributed by atoms with Gasteiger partial charge in [0.25, 0.3) is 0 Å². The van der Waals surface area contributed by atoms with Gasteiger partial charge in [-0.2, -0.15) is 0 Å². The molecule has 2 N–H and O–H groups in total. The number of nitrogens with zero attached hydrogens (tertiary/aromatic N) is 4. The standard InChI is InChI=1S/C22H32N6O2/c1-23-22(25-15-17-7-8-19(29-3)14-20(17)30-4)26-16-18-6-5-9-24-21(18)28-12-10-27(2)11-13-28/h5-9,14H,10-13,15-16H2,1-4H3,(H2,23,25,26). The zero-order chi connectivity index (χ0) is 21.3. The third-order valence-electron chi connectivity index (χ3n) is 5.28. The number of hydrogen-bond donors (Lipinski definition) is 2. The maximum atomic E-state index is 5.48. The smallest absolute Gasteiger partial charge is 0.191 e. The monoisotopic (exact) mass is 412 g/mol. The first-order valence-electron chi connectivity index (χ1n) is 10.2. The second-order valence-electron chi connectivity index (χ2n) is 7.23. The number of ether oxygens (including phenoxy) is 2. The van der Waals surface area contributed by atoms with Crippen LogP contribution in [0.15, 0.2) is 41.5 Å². The summed E-state index contributed by atoms with van der Waals surface area (Å²) in [5.41, 5.74) is 2.19. The van der Waals surface area contributed by atoms with Crippen molar-refractivity contribution in [3.05, 3.63) is 47.7 Å². The van der Waals surface area contributed by atoms with E-state index in [0.717, 1.165) is 60.6 Å². The van der Waals surface area contributed by atoms with Crippen LogP contribution >= 0.6 is 0 Å². The van der Waals surface area contributed by atoms with Crippen LogP contribution in [0.2, 0.25) is 0 Å². The van der Waals surface area contributed by atoms with Crippen LogP contribution < -0.4 is 25.0 Å². The second kappa shape index (κ2) is 10.7. The number of piperazine rings is 1. The summed E-state index contributed by atoms with van der Waals surface area (Å²) in [5.74, 6) is 3.32. The Morgan fingerprint density at radius 1 is 1.03 bits per heavy atom. The fourth-order valence-corrected chi connectivity index (χ4v) is 3.45. The van der Waals surface area contributed by atoms with Crippen LogP contribution in [0.1, 0.15) is 11.1 Å². The van der Waals surface area contributed by atoms with Gasteiger partial charge in [0.05, 0.1) is 14.2 Å². The van der Waals surface area contributed by atoms with Crippen LogP contribution in [0, 0.1) is 0 Å². The molecule has 0 bridgehead atoms. The molecule has 0 amide bonds. The highest BCUT2D eigenvalue weighted by molar-refractivity contribution is 5.79. The van der Waals surface area contributed by atoms with E-state index in [0.29, 0.717) is 13.1 Å². The number of aliphatic imine (C=N–C) groups is 1. The first-order chi connectivity index (χ1) is 14.6. The Bertz CT molecular complexity index is 849. The summed E-state index contributed by atoms with van der Waals surface area (Å²) in [6.07, 6.45) is 1.86. The molecular formula is C22H32N6O2. The van der Waals surface area contributed by atoms with Crippen molar-refractivity contribution < 1.29 is 9.47 Å². The molecule has 3 rings (SSSR count). The number of methoxy groups -OCH3 is 2. The van der Waals surface area contributed by atoms with Crippen LogP contribution in [0.3, 0.4) is 0 Å². The number of hydrogen-bond acceptors (Lipinski definition) is 6. The lowest BCUT2D eigenvalue weighted by molar-refractivity contribution is 0.312. The van der Waals surface area contributed by atoms with Gasteiger partial charge in [-0.1, -0.05) is 6.07 Å². The minimum atomic E-state index is 0.588. The first kappa shape index (κ1) is 21.7. The van der Waals surface area contributed by atoms with Gasteiger partial charge in [-0.25, -0.2) is 4.98 Å². The molecule has 1 saturated heterocycles. The van der Waals surface area contributed by atoms with E-state index in [-0.39, 0.29) is 0 Å². The summed E-state index contributed by atoms with van der Waals surface area (Å²) >= 11 is 0. The molecule has 8 heteroatoms. The molecule has 30 heavy (non-hydrogen) atoms. The topological polar surface area (TPSA) is 74.2 Å². The first-order valence-corrected chi connectivity index (χ1v) is 10.2. The molecule has 1 aliphatic heterocycles. The highest BCUT2D eigenvalue weighted by Crippen LogP contribution is 2.24. The van der Waals surface area contributed by atoms with Crippen LogP contribution in [0.4, 0.5) is 5.82 Å². The van der Waals surface area contributed by atoms with Crippen LogP contribution in [0.5, 0.6) is 11.5 Å². The zero-order valence-electron chi connectivity index (χ0n) is 18.3. The summed E-state index contributed by atoms with van der Waals surface area (Å²) in [7, 11) is 7.23. The Morgan fingerprint density at radius 2 is 1.77 bits per heavy atom. The van der Waals surface area contributed by atoms with Gasteiger partial charge in [0.15, 0.2) is 5.96 Å². The fourth-order valence-electron chi connectivity index (χ4n) is 3.45. The van der Waals surface area contributed by atoms with Gasteiger partial charge in [-0.05, 0) is 25.2 Å². The summed E-state index contributed by atoms with van der Waals surface area (Å²) in [6.45, 7) is 5.32. The van der Waals surface area contributed by atoms with Gasteiger partial charge in [0.1, 0.15) is 17.3 Å². The van der Waals surface area contributed by atoms with Crippen molar-refractivity contribution >= 4 is 11.8 Å². The molecule has 0 aliphatic carbocycles. The number of nitrogens with one attached hydrogen (secondary N) is 2. The van der Waals surface area contributed by atoms with Gasteiger partial charge < -0.3 is 29.9 Å². The third kappa shape index (κ3) is 5.54. The SMILES string of the molecule is CN=C(NCc1ccc(OC)cc1OC)NCc1cccnc1N1CCN(C)CC1. The van der Waals surface area contributed by atoms with Crippen molar-refractivity contribution in [2.45, 2.75) is 13.1 Å². The van der Waals surface area contributed by atoms with Gasteiger partial charge in [0, 0.05) is 69.7 Å². The second-order valence-corrected chi connectivity index (χ2v) is 7.23. The lowest BCUT2D eigenvalue weighted by Gasteiger charge is -2.34. The number of aromatic nitrogens is 1. The lowest BCUT2D eigenvalue weighted by atomic mass is 10.2. The molecule has 1 aromatic heterocycles. The summed E-state index contributed by atoms with van der Waals surface area (Å²) in [5, 5.41) is 6.75. The minimum Gasteiger partial charge on any atom is -0.497 e. The summed E-state index contributed by atoms with van der Waals surface area (Å²) in [4.78, 5) is 13.7. The molecule has 0 spiro atoms. The quantitative estimate of drug-likeness (QED) is 0.530. The molecule has 8 nitrogen and oxygen atoms in total. The van der Waals surface area contributed by atoms with E-state index >= 15 is 0 Å². The lowest BCUT2D eigenvalue weighted by Crippen LogP contribution is -2.45. The van der Waals surface area contributed by atoms with Crippen molar-refractivity contribution in [1.29, 1.82) is 0 Å². The van der Waals surface area contributed by atoms with Crippen molar-refractivity contribution in [3.8, 4) is 11.5 Å². The van der Waals surface area contributed by atoms with Gasteiger partial charge in [-0.3, -0.25) is 4.99 Å². The number of anilines is 1. The number of guanidine groups is 1. The molecule has 2 aromatic rings. The zero-order valence-corrected chi connectivity index (χ0v) is 18.3. The van der Waals surface area contributed by atoms with E-state index in [2.05, 4.69) is 43.5 Å². The molecule has 1 aliphatic rings. The van der Waals surface area contributed by atoms with E-state index in [1.165, 1.54) is 0 Å². The molecule has 1 fully saturated rings. The minimum absolute atomic E-state index is 0.588. The van der Waals surface area contributed by atoms with Crippen LogP contribution in [0.25, 0.3) is 0 Å². The number of rotatable bonds is 7. The third-order valence-corrected chi connectivity index (χ3v) is 5.28. The largest absolute Gasteiger partial charge is 0.497 e. The maximum Gasteiger partial charge on any atom is 0.191 e. The van der Waals surface area contributed by atoms with Crippen LogP contribution in [-0.2, 0) is 13.1 Å².